The van der Waals surface area contributed by atoms with Crippen molar-refractivity contribution in [3.8, 4) is 22.5 Å². The van der Waals surface area contributed by atoms with Gasteiger partial charge in [-0.05, 0) is 43.7 Å². The number of hydrogen-bond donors (Lipinski definition) is 1. The van der Waals surface area contributed by atoms with Crippen LogP contribution in [-0.2, 0) is 29.4 Å². The number of thiophene rings is 2. The molecule has 0 saturated heterocycles. The number of rotatable bonds is 7. The van der Waals surface area contributed by atoms with Crippen LogP contribution in [0.25, 0.3) is 22.5 Å². The maximum absolute atomic E-state index is 12.9. The predicted molar refractivity (Wildman–Crippen MR) is 146 cm³/mol. The van der Waals surface area contributed by atoms with Gasteiger partial charge < -0.3 is 14.6 Å². The number of fused-ring (bicyclic) bond motifs is 1. The van der Waals surface area contributed by atoms with E-state index in [1.54, 1.807) is 11.3 Å². The normalized spacial score (nSPS) is 12.9. The smallest absolute Gasteiger partial charge is 0.341 e. The van der Waals surface area contributed by atoms with Gasteiger partial charge in [0.1, 0.15) is 10.6 Å². The number of thioether (sulfide) groups is 1. The van der Waals surface area contributed by atoms with Crippen LogP contribution in [0.2, 0.25) is 0 Å². The molecule has 5 rings (SSSR count). The Morgan fingerprint density at radius 3 is 2.72 bits per heavy atom. The number of ether oxygens (including phenoxy) is 1. The highest BCUT2D eigenvalue weighted by molar-refractivity contribution is 7.99. The van der Waals surface area contributed by atoms with Gasteiger partial charge in [0.05, 0.1) is 12.9 Å². The summed E-state index contributed by atoms with van der Waals surface area (Å²) < 4.78 is 7.00. The third-order valence-corrected chi connectivity index (χ3v) is 9.39. The number of amides is 1. The molecule has 0 aliphatic heterocycles. The molecule has 3 aromatic heterocycles. The maximum atomic E-state index is 12.9. The number of aryl methyl sites for hydroxylation is 2. The molecule has 1 N–H and O–H groups in total. The van der Waals surface area contributed by atoms with Crippen LogP contribution < -0.4 is 5.32 Å². The van der Waals surface area contributed by atoms with E-state index >= 15 is 0 Å². The van der Waals surface area contributed by atoms with E-state index in [-0.39, 0.29) is 11.7 Å². The molecule has 0 unspecified atom stereocenters. The molecule has 3 heterocycles. The Morgan fingerprint density at radius 1 is 1.17 bits per heavy atom. The number of carbonyl (C=O) groups is 2. The summed E-state index contributed by atoms with van der Waals surface area (Å²) in [4.78, 5) is 28.0. The molecule has 1 amide bonds. The monoisotopic (exact) mass is 538 g/mol. The van der Waals surface area contributed by atoms with Crippen molar-refractivity contribution in [2.45, 2.75) is 37.8 Å². The van der Waals surface area contributed by atoms with E-state index in [1.807, 2.05) is 48.9 Å². The van der Waals surface area contributed by atoms with E-state index in [9.17, 15) is 9.59 Å². The zero-order chi connectivity index (χ0) is 25.2. The second kappa shape index (κ2) is 10.6. The molecule has 0 fully saturated rings. The molecule has 0 bridgehead atoms. The molecule has 0 spiro atoms. The number of aromatic nitrogens is 3. The number of benzene rings is 1. The number of carbonyl (C=O) groups excluding carboxylic acids is 2. The molecule has 10 heteroatoms. The summed E-state index contributed by atoms with van der Waals surface area (Å²) in [7, 11) is 3.29. The summed E-state index contributed by atoms with van der Waals surface area (Å²) in [6.45, 7) is 1.94. The maximum Gasteiger partial charge on any atom is 0.341 e. The van der Waals surface area contributed by atoms with Crippen LogP contribution in [0.1, 0.15) is 38.5 Å². The summed E-state index contributed by atoms with van der Waals surface area (Å²) >= 11 is 4.50. The topological polar surface area (TPSA) is 86.1 Å². The fourth-order valence-corrected chi connectivity index (χ4v) is 7.45. The number of methoxy groups -OCH3 is 1. The van der Waals surface area contributed by atoms with Gasteiger partial charge in [-0.3, -0.25) is 4.79 Å². The molecule has 1 aromatic carbocycles. The standard InChI is InChI=1S/C26H26N4O3S3/c1-15-21(16-9-5-4-6-10-16)22(25(32)33-3)24(36-15)27-20(31)14-35-26-29-28-23(30(26)2)18-13-34-19-12-8-7-11-17(18)19/h4-6,9-10,13H,7-8,11-12,14H2,1-3H3,(H,27,31). The predicted octanol–water partition coefficient (Wildman–Crippen LogP) is 5.98. The minimum atomic E-state index is -0.474. The van der Waals surface area contributed by atoms with Crippen molar-refractivity contribution in [1.29, 1.82) is 0 Å². The van der Waals surface area contributed by atoms with E-state index in [1.165, 1.54) is 53.5 Å². The average Bonchev–Trinajstić information content (AvgIpc) is 3.57. The lowest BCUT2D eigenvalue weighted by atomic mass is 9.96. The molecule has 0 saturated carbocycles. The molecule has 1 aliphatic rings. The van der Waals surface area contributed by atoms with E-state index < -0.39 is 5.97 Å². The van der Waals surface area contributed by atoms with Crippen molar-refractivity contribution >= 4 is 51.3 Å². The highest BCUT2D eigenvalue weighted by atomic mass is 32.2. The van der Waals surface area contributed by atoms with Gasteiger partial charge >= 0.3 is 5.97 Å². The Kier molecular flexibility index (Phi) is 7.27. The highest BCUT2D eigenvalue weighted by Gasteiger charge is 2.26. The van der Waals surface area contributed by atoms with Gasteiger partial charge in [-0.2, -0.15) is 0 Å². The van der Waals surface area contributed by atoms with Crippen molar-refractivity contribution < 1.29 is 14.3 Å². The van der Waals surface area contributed by atoms with Gasteiger partial charge in [0.15, 0.2) is 11.0 Å². The Balaban J connectivity index is 1.32. The van der Waals surface area contributed by atoms with Crippen molar-refractivity contribution in [3.05, 3.63) is 56.6 Å². The minimum Gasteiger partial charge on any atom is -0.465 e. The fraction of sp³-hybridized carbons (Fsp3) is 0.308. The summed E-state index contributed by atoms with van der Waals surface area (Å²) in [5.74, 6) is 0.291. The molecule has 0 atom stereocenters. The van der Waals surface area contributed by atoms with Crippen LogP contribution in [0.3, 0.4) is 0 Å². The van der Waals surface area contributed by atoms with Gasteiger partial charge in [0.25, 0.3) is 0 Å². The third-order valence-electron chi connectivity index (χ3n) is 6.26. The Hall–Kier alpha value is -2.95. The van der Waals surface area contributed by atoms with Gasteiger partial charge in [0.2, 0.25) is 5.91 Å². The van der Waals surface area contributed by atoms with E-state index in [4.69, 9.17) is 4.74 Å². The Morgan fingerprint density at radius 2 is 1.94 bits per heavy atom. The number of anilines is 1. The minimum absolute atomic E-state index is 0.145. The first-order valence-electron chi connectivity index (χ1n) is 11.7. The lowest BCUT2D eigenvalue weighted by molar-refractivity contribution is -0.113. The largest absolute Gasteiger partial charge is 0.465 e. The molecule has 36 heavy (non-hydrogen) atoms. The van der Waals surface area contributed by atoms with Crippen LogP contribution in [-0.4, -0.2) is 39.5 Å². The molecule has 0 radical (unpaired) electrons. The first kappa shape index (κ1) is 24.7. The first-order chi connectivity index (χ1) is 17.5. The van der Waals surface area contributed by atoms with Gasteiger partial charge in [-0.25, -0.2) is 4.79 Å². The second-order valence-corrected chi connectivity index (χ2v) is 11.7. The van der Waals surface area contributed by atoms with Gasteiger partial charge in [-0.1, -0.05) is 42.1 Å². The van der Waals surface area contributed by atoms with E-state index in [0.29, 0.717) is 15.7 Å². The molecular formula is C26H26N4O3S3. The first-order valence-corrected chi connectivity index (χ1v) is 14.3. The van der Waals surface area contributed by atoms with Gasteiger partial charge in [-0.15, -0.1) is 32.9 Å². The highest BCUT2D eigenvalue weighted by Crippen LogP contribution is 2.40. The van der Waals surface area contributed by atoms with Crippen molar-refractivity contribution in [1.82, 2.24) is 14.8 Å². The molecule has 186 valence electrons. The zero-order valence-electron chi connectivity index (χ0n) is 20.3. The fourth-order valence-electron chi connectivity index (χ4n) is 4.53. The van der Waals surface area contributed by atoms with Crippen molar-refractivity contribution in [2.75, 3.05) is 18.2 Å². The molecule has 1 aliphatic carbocycles. The summed E-state index contributed by atoms with van der Waals surface area (Å²) in [6, 6.07) is 9.65. The van der Waals surface area contributed by atoms with Crippen LogP contribution in [0.15, 0.2) is 40.9 Å². The molecular weight excluding hydrogens is 513 g/mol. The SMILES string of the molecule is COC(=O)c1c(NC(=O)CSc2nnc(-c3csc4c3CCCC4)n2C)sc(C)c1-c1ccccc1. The summed E-state index contributed by atoms with van der Waals surface area (Å²) in [6.07, 6.45) is 4.68. The van der Waals surface area contributed by atoms with E-state index in [0.717, 1.165) is 40.2 Å². The number of esters is 1. The summed E-state index contributed by atoms with van der Waals surface area (Å²) in [5, 5.41) is 15.1. The van der Waals surface area contributed by atoms with E-state index in [2.05, 4.69) is 20.9 Å². The lowest BCUT2D eigenvalue weighted by Gasteiger charge is -2.12. The molecule has 4 aromatic rings. The summed E-state index contributed by atoms with van der Waals surface area (Å²) in [5.41, 5.74) is 4.63. The number of hydrogen-bond acceptors (Lipinski definition) is 8. The van der Waals surface area contributed by atoms with Crippen LogP contribution >= 0.6 is 34.4 Å². The lowest BCUT2D eigenvalue weighted by Crippen LogP contribution is -2.16. The number of nitrogens with one attached hydrogen (secondary N) is 1. The van der Waals surface area contributed by atoms with Crippen LogP contribution in [0.5, 0.6) is 0 Å². The van der Waals surface area contributed by atoms with Crippen LogP contribution in [0, 0.1) is 6.92 Å². The van der Waals surface area contributed by atoms with Crippen molar-refractivity contribution in [2.24, 2.45) is 7.05 Å². The Bertz CT molecular complexity index is 1420. The average molecular weight is 539 g/mol. The third kappa shape index (κ3) is 4.72. The Labute approximate surface area is 221 Å². The zero-order valence-corrected chi connectivity index (χ0v) is 22.7. The number of nitrogens with zero attached hydrogens (tertiary/aromatic N) is 3. The van der Waals surface area contributed by atoms with Crippen LogP contribution in [0.4, 0.5) is 5.00 Å². The molecule has 7 nitrogen and oxygen atoms in total. The van der Waals surface area contributed by atoms with Crippen molar-refractivity contribution in [3.63, 3.8) is 0 Å². The second-order valence-electron chi connectivity index (χ2n) is 8.56. The van der Waals surface area contributed by atoms with Gasteiger partial charge in [0, 0.05) is 33.3 Å². The quantitative estimate of drug-likeness (QED) is 0.230.